The Morgan fingerprint density at radius 2 is 1.87 bits per heavy atom. The van der Waals surface area contributed by atoms with Crippen LogP contribution in [0.25, 0.3) is 16.7 Å². The summed E-state index contributed by atoms with van der Waals surface area (Å²) < 4.78 is 7.50. The van der Waals surface area contributed by atoms with Gasteiger partial charge in [0, 0.05) is 61.2 Å². The molecule has 0 radical (unpaired) electrons. The molecule has 1 amide bonds. The normalized spacial score (nSPS) is 21.0. The average Bonchev–Trinajstić information content (AvgIpc) is 3.23. The smallest absolute Gasteiger partial charge is 0.254 e. The Morgan fingerprint density at radius 3 is 2.61 bits per heavy atom. The molecular formula is C24H27ClN4O2. The van der Waals surface area contributed by atoms with E-state index < -0.39 is 0 Å². The van der Waals surface area contributed by atoms with Crippen molar-refractivity contribution in [3.8, 4) is 5.69 Å². The molecule has 2 saturated heterocycles. The van der Waals surface area contributed by atoms with Crippen molar-refractivity contribution in [2.24, 2.45) is 0 Å². The number of benzene rings is 2. The molecule has 5 rings (SSSR count). The van der Waals surface area contributed by atoms with Crippen LogP contribution in [0.5, 0.6) is 0 Å². The van der Waals surface area contributed by atoms with E-state index in [2.05, 4.69) is 16.8 Å². The fourth-order valence-corrected chi connectivity index (χ4v) is 4.91. The summed E-state index contributed by atoms with van der Waals surface area (Å²) in [5.74, 6) is 0.0879. The monoisotopic (exact) mass is 438 g/mol. The van der Waals surface area contributed by atoms with E-state index in [1.807, 2.05) is 51.9 Å². The summed E-state index contributed by atoms with van der Waals surface area (Å²) in [4.78, 5) is 22.4. The van der Waals surface area contributed by atoms with Crippen LogP contribution in [-0.4, -0.2) is 70.2 Å². The molecule has 0 bridgehead atoms. The van der Waals surface area contributed by atoms with E-state index in [9.17, 15) is 4.79 Å². The molecule has 2 aliphatic heterocycles. The third-order valence-corrected chi connectivity index (χ3v) is 6.78. The van der Waals surface area contributed by atoms with Gasteiger partial charge in [0.2, 0.25) is 0 Å². The molecule has 2 aromatic carbocycles. The zero-order valence-electron chi connectivity index (χ0n) is 17.7. The van der Waals surface area contributed by atoms with Crippen molar-refractivity contribution in [2.75, 3.05) is 32.8 Å². The molecule has 6 nitrogen and oxygen atoms in total. The zero-order chi connectivity index (χ0) is 21.4. The topological polar surface area (TPSA) is 50.6 Å². The largest absolute Gasteiger partial charge is 0.381 e. The van der Waals surface area contributed by atoms with E-state index in [1.54, 1.807) is 6.33 Å². The van der Waals surface area contributed by atoms with Gasteiger partial charge in [-0.15, -0.1) is 0 Å². The molecule has 0 aliphatic carbocycles. The minimum Gasteiger partial charge on any atom is -0.381 e. The second kappa shape index (κ2) is 8.61. The van der Waals surface area contributed by atoms with E-state index in [0.717, 1.165) is 62.4 Å². The van der Waals surface area contributed by atoms with Gasteiger partial charge in [-0.1, -0.05) is 11.6 Å². The molecule has 31 heavy (non-hydrogen) atoms. The molecule has 0 spiro atoms. The van der Waals surface area contributed by atoms with Crippen molar-refractivity contribution in [2.45, 2.75) is 31.8 Å². The van der Waals surface area contributed by atoms with Gasteiger partial charge in [0.05, 0.1) is 11.0 Å². The maximum atomic E-state index is 13.4. The quantitative estimate of drug-likeness (QED) is 0.620. The molecular weight excluding hydrogens is 412 g/mol. The Hall–Kier alpha value is -2.41. The summed E-state index contributed by atoms with van der Waals surface area (Å²) in [6.07, 6.45) is 3.97. The lowest BCUT2D eigenvalue weighted by Gasteiger charge is -2.44. The number of ether oxygens (including phenoxy) is 1. The highest BCUT2D eigenvalue weighted by Gasteiger charge is 2.32. The van der Waals surface area contributed by atoms with E-state index in [1.165, 1.54) is 0 Å². The standard InChI is InChI=1S/C24H27ClN4O2/c1-17-15-27(20-8-12-31-13-9-20)10-11-28(17)24(30)18-2-7-22-23(14-18)29(16-26-22)21-5-3-19(25)4-6-21/h2-7,14,16-17,20H,8-13,15H2,1H3/t17-/m0/s1. The summed E-state index contributed by atoms with van der Waals surface area (Å²) in [5, 5.41) is 0.693. The predicted octanol–water partition coefficient (Wildman–Crippen LogP) is 4.00. The number of amides is 1. The minimum atomic E-state index is 0.0879. The van der Waals surface area contributed by atoms with Gasteiger partial charge in [0.1, 0.15) is 6.33 Å². The highest BCUT2D eigenvalue weighted by molar-refractivity contribution is 6.30. The first-order valence-corrected chi connectivity index (χ1v) is 11.3. The molecule has 0 unspecified atom stereocenters. The summed E-state index contributed by atoms with van der Waals surface area (Å²) in [7, 11) is 0. The van der Waals surface area contributed by atoms with Crippen molar-refractivity contribution in [3.63, 3.8) is 0 Å². The number of imidazole rings is 1. The van der Waals surface area contributed by atoms with Crippen LogP contribution in [0.2, 0.25) is 5.02 Å². The second-order valence-electron chi connectivity index (χ2n) is 8.48. The highest BCUT2D eigenvalue weighted by Crippen LogP contribution is 2.24. The van der Waals surface area contributed by atoms with Gasteiger partial charge in [-0.3, -0.25) is 14.3 Å². The van der Waals surface area contributed by atoms with E-state index in [0.29, 0.717) is 16.6 Å². The SMILES string of the molecule is C[C@H]1CN(C2CCOCC2)CCN1C(=O)c1ccc2ncn(-c3ccc(Cl)cc3)c2c1. The molecule has 2 aliphatic rings. The lowest BCUT2D eigenvalue weighted by Crippen LogP contribution is -2.57. The van der Waals surface area contributed by atoms with Crippen LogP contribution < -0.4 is 0 Å². The number of halogens is 1. The van der Waals surface area contributed by atoms with Crippen LogP contribution in [0.4, 0.5) is 0 Å². The lowest BCUT2D eigenvalue weighted by molar-refractivity contribution is 0.000717. The fourth-order valence-electron chi connectivity index (χ4n) is 4.78. The number of hydrogen-bond acceptors (Lipinski definition) is 4. The van der Waals surface area contributed by atoms with Crippen molar-refractivity contribution in [3.05, 3.63) is 59.4 Å². The lowest BCUT2D eigenvalue weighted by atomic mass is 10.0. The molecule has 1 aromatic heterocycles. The van der Waals surface area contributed by atoms with Crippen LogP contribution >= 0.6 is 11.6 Å². The van der Waals surface area contributed by atoms with Gasteiger partial charge in [-0.25, -0.2) is 4.98 Å². The molecule has 3 aromatic rings. The first kappa shape index (κ1) is 20.5. The Morgan fingerprint density at radius 1 is 1.10 bits per heavy atom. The van der Waals surface area contributed by atoms with Gasteiger partial charge in [-0.05, 0) is 62.2 Å². The van der Waals surface area contributed by atoms with Crippen LogP contribution in [0.3, 0.4) is 0 Å². The fraction of sp³-hybridized carbons (Fsp3) is 0.417. The maximum absolute atomic E-state index is 13.4. The molecule has 0 N–H and O–H groups in total. The van der Waals surface area contributed by atoms with E-state index in [4.69, 9.17) is 16.3 Å². The molecule has 1 atom stereocenters. The summed E-state index contributed by atoms with van der Waals surface area (Å²) >= 11 is 6.03. The first-order valence-electron chi connectivity index (χ1n) is 11.0. The van der Waals surface area contributed by atoms with Gasteiger partial charge in [0.15, 0.2) is 0 Å². The van der Waals surface area contributed by atoms with Gasteiger partial charge >= 0.3 is 0 Å². The zero-order valence-corrected chi connectivity index (χ0v) is 18.5. The average molecular weight is 439 g/mol. The number of nitrogens with zero attached hydrogens (tertiary/aromatic N) is 4. The van der Waals surface area contributed by atoms with E-state index >= 15 is 0 Å². The maximum Gasteiger partial charge on any atom is 0.254 e. The Bertz CT molecular complexity index is 1070. The summed E-state index contributed by atoms with van der Waals surface area (Å²) in [6, 6.07) is 14.2. The van der Waals surface area contributed by atoms with Crippen LogP contribution in [-0.2, 0) is 4.74 Å². The van der Waals surface area contributed by atoms with Crippen molar-refractivity contribution in [1.82, 2.24) is 19.4 Å². The van der Waals surface area contributed by atoms with Crippen molar-refractivity contribution in [1.29, 1.82) is 0 Å². The minimum absolute atomic E-state index is 0.0879. The number of piperazine rings is 1. The third-order valence-electron chi connectivity index (χ3n) is 6.53. The third kappa shape index (κ3) is 4.07. The van der Waals surface area contributed by atoms with Crippen LogP contribution in [0, 0.1) is 0 Å². The summed E-state index contributed by atoms with van der Waals surface area (Å²) in [6.45, 7) is 6.44. The Labute approximate surface area is 187 Å². The molecule has 2 fully saturated rings. The second-order valence-corrected chi connectivity index (χ2v) is 8.92. The molecule has 7 heteroatoms. The number of carbonyl (C=O) groups excluding carboxylic acids is 1. The number of aromatic nitrogens is 2. The van der Waals surface area contributed by atoms with E-state index in [-0.39, 0.29) is 11.9 Å². The highest BCUT2D eigenvalue weighted by atomic mass is 35.5. The van der Waals surface area contributed by atoms with Crippen LogP contribution in [0.15, 0.2) is 48.8 Å². The van der Waals surface area contributed by atoms with Crippen molar-refractivity contribution >= 4 is 28.5 Å². The number of hydrogen-bond donors (Lipinski definition) is 0. The Balaban J connectivity index is 1.36. The number of fused-ring (bicyclic) bond motifs is 1. The Kier molecular flexibility index (Phi) is 5.69. The molecule has 0 saturated carbocycles. The van der Waals surface area contributed by atoms with Gasteiger partial charge in [0.25, 0.3) is 5.91 Å². The number of rotatable bonds is 3. The number of carbonyl (C=O) groups is 1. The van der Waals surface area contributed by atoms with Crippen molar-refractivity contribution < 1.29 is 9.53 Å². The summed E-state index contributed by atoms with van der Waals surface area (Å²) in [5.41, 5.74) is 3.45. The molecule has 3 heterocycles. The predicted molar refractivity (Wildman–Crippen MR) is 122 cm³/mol. The van der Waals surface area contributed by atoms with Gasteiger partial charge in [-0.2, -0.15) is 0 Å². The van der Waals surface area contributed by atoms with Crippen LogP contribution in [0.1, 0.15) is 30.1 Å². The molecule has 162 valence electrons. The van der Waals surface area contributed by atoms with Gasteiger partial charge < -0.3 is 9.64 Å². The first-order chi connectivity index (χ1) is 15.1.